The van der Waals surface area contributed by atoms with Crippen LogP contribution in [0.3, 0.4) is 0 Å². The summed E-state index contributed by atoms with van der Waals surface area (Å²) >= 11 is 0.832. The number of fused-ring (bicyclic) bond motifs is 3. The maximum Gasteiger partial charge on any atom is 0.415 e. The smallest absolute Gasteiger partial charge is 0.383 e. The normalized spacial score (nSPS) is 13.9. The van der Waals surface area contributed by atoms with Crippen LogP contribution in [0.15, 0.2) is 35.5 Å². The van der Waals surface area contributed by atoms with Crippen LogP contribution in [0.1, 0.15) is 5.56 Å². The molecule has 0 saturated carbocycles. The van der Waals surface area contributed by atoms with Gasteiger partial charge in [-0.15, -0.1) is 10.2 Å². The summed E-state index contributed by atoms with van der Waals surface area (Å²) in [6.07, 6.45) is -7.02. The summed E-state index contributed by atoms with van der Waals surface area (Å²) in [6.45, 7) is 1.94. The summed E-state index contributed by atoms with van der Waals surface area (Å²) in [5.74, 6) is -0.521. The highest BCUT2D eigenvalue weighted by molar-refractivity contribution is 7.99. The summed E-state index contributed by atoms with van der Waals surface area (Å²) in [6, 6.07) is 9.37. The number of nitrogens with zero attached hydrogens (tertiary/aromatic N) is 3. The number of hydrogen-bond donors (Lipinski definition) is 1. The van der Waals surface area contributed by atoms with Crippen LogP contribution in [0, 0.1) is 6.92 Å². The van der Waals surface area contributed by atoms with Crippen molar-refractivity contribution in [2.24, 2.45) is 0 Å². The number of aliphatic hydroxyl groups is 1. The largest absolute Gasteiger partial charge is 0.415 e. The molecular weight excluding hydrogens is 315 g/mol. The molecule has 1 atom stereocenters. The van der Waals surface area contributed by atoms with Gasteiger partial charge >= 0.3 is 6.18 Å². The van der Waals surface area contributed by atoms with E-state index in [1.54, 1.807) is 4.40 Å². The molecule has 8 heteroatoms. The SMILES string of the molecule is Cc1cc2nnc(SC[C@@H](O)C(F)(F)F)n2c2ccccc12. The van der Waals surface area contributed by atoms with Gasteiger partial charge in [0, 0.05) is 11.1 Å². The molecule has 22 heavy (non-hydrogen) atoms. The van der Waals surface area contributed by atoms with Crippen molar-refractivity contribution in [1.82, 2.24) is 14.6 Å². The lowest BCUT2D eigenvalue weighted by Gasteiger charge is -2.13. The lowest BCUT2D eigenvalue weighted by Crippen LogP contribution is -2.30. The average Bonchev–Trinajstić information content (AvgIpc) is 2.87. The van der Waals surface area contributed by atoms with Crippen LogP contribution in [-0.4, -0.2) is 37.7 Å². The van der Waals surface area contributed by atoms with Crippen molar-refractivity contribution in [2.45, 2.75) is 24.4 Å². The van der Waals surface area contributed by atoms with Crippen LogP contribution < -0.4 is 0 Å². The van der Waals surface area contributed by atoms with Crippen LogP contribution in [-0.2, 0) is 0 Å². The Balaban J connectivity index is 2.03. The molecular formula is C14H12F3N3OS. The third kappa shape index (κ3) is 2.64. The van der Waals surface area contributed by atoms with Crippen LogP contribution >= 0.6 is 11.8 Å². The standard InChI is InChI=1S/C14H12F3N3OS/c1-8-6-12-18-19-13(22-7-11(21)14(15,16)17)20(12)10-5-3-2-4-9(8)10/h2-6,11,21H,7H2,1H3/t11-/m1/s1. The van der Waals surface area contributed by atoms with Gasteiger partial charge in [0.05, 0.1) is 5.52 Å². The maximum atomic E-state index is 12.4. The quantitative estimate of drug-likeness (QED) is 0.751. The fourth-order valence-corrected chi connectivity index (χ4v) is 3.13. The fraction of sp³-hybridized carbons (Fsp3) is 0.286. The van der Waals surface area contributed by atoms with Gasteiger partial charge in [-0.05, 0) is 24.6 Å². The molecule has 3 aromatic rings. The Morgan fingerprint density at radius 2 is 2.00 bits per heavy atom. The minimum absolute atomic E-state index is 0.328. The molecule has 1 N–H and O–H groups in total. The van der Waals surface area contributed by atoms with E-state index in [1.807, 2.05) is 37.3 Å². The van der Waals surface area contributed by atoms with E-state index in [0.717, 1.165) is 28.2 Å². The topological polar surface area (TPSA) is 50.4 Å². The zero-order valence-electron chi connectivity index (χ0n) is 11.5. The number of benzene rings is 1. The van der Waals surface area contributed by atoms with E-state index in [-0.39, 0.29) is 0 Å². The van der Waals surface area contributed by atoms with Crippen molar-refractivity contribution >= 4 is 28.3 Å². The monoisotopic (exact) mass is 327 g/mol. The van der Waals surface area contributed by atoms with E-state index < -0.39 is 18.0 Å². The number of hydrogen-bond acceptors (Lipinski definition) is 4. The van der Waals surface area contributed by atoms with Gasteiger partial charge in [0.25, 0.3) is 0 Å². The third-order valence-corrected chi connectivity index (χ3v) is 4.33. The molecule has 0 spiro atoms. The van der Waals surface area contributed by atoms with Gasteiger partial charge in [-0.3, -0.25) is 4.40 Å². The molecule has 0 bridgehead atoms. The minimum Gasteiger partial charge on any atom is -0.383 e. The first kappa shape index (κ1) is 15.1. The Morgan fingerprint density at radius 1 is 1.27 bits per heavy atom. The summed E-state index contributed by atoms with van der Waals surface area (Å²) in [5.41, 5.74) is 2.41. The molecule has 2 aromatic heterocycles. The first-order valence-electron chi connectivity index (χ1n) is 6.49. The van der Waals surface area contributed by atoms with E-state index in [1.165, 1.54) is 0 Å². The molecule has 1 aromatic carbocycles. The van der Waals surface area contributed by atoms with Crippen molar-refractivity contribution in [3.05, 3.63) is 35.9 Å². The molecule has 0 aliphatic carbocycles. The molecule has 3 rings (SSSR count). The molecule has 0 unspecified atom stereocenters. The predicted octanol–water partition coefficient (Wildman–Crippen LogP) is 3.21. The highest BCUT2D eigenvalue weighted by Crippen LogP contribution is 2.29. The lowest BCUT2D eigenvalue weighted by atomic mass is 10.1. The van der Waals surface area contributed by atoms with E-state index >= 15 is 0 Å². The summed E-state index contributed by atoms with van der Waals surface area (Å²) in [5, 5.41) is 18.4. The highest BCUT2D eigenvalue weighted by Gasteiger charge is 2.38. The maximum absolute atomic E-state index is 12.4. The van der Waals surface area contributed by atoms with Crippen molar-refractivity contribution in [1.29, 1.82) is 0 Å². The average molecular weight is 327 g/mol. The van der Waals surface area contributed by atoms with Gasteiger partial charge in [-0.25, -0.2) is 0 Å². The third-order valence-electron chi connectivity index (χ3n) is 3.32. The summed E-state index contributed by atoms with van der Waals surface area (Å²) < 4.78 is 38.9. The second-order valence-electron chi connectivity index (χ2n) is 4.89. The number of halogens is 3. The Morgan fingerprint density at radius 3 is 2.73 bits per heavy atom. The van der Waals surface area contributed by atoms with Gasteiger partial charge in [0.15, 0.2) is 16.9 Å². The minimum atomic E-state index is -4.63. The number of aliphatic hydroxyl groups excluding tert-OH is 1. The number of aryl methyl sites for hydroxylation is 1. The lowest BCUT2D eigenvalue weighted by molar-refractivity contribution is -0.195. The molecule has 0 amide bonds. The van der Waals surface area contributed by atoms with Gasteiger partial charge in [-0.1, -0.05) is 30.0 Å². The second-order valence-corrected chi connectivity index (χ2v) is 5.88. The van der Waals surface area contributed by atoms with Gasteiger partial charge in [-0.2, -0.15) is 13.2 Å². The molecule has 4 nitrogen and oxygen atoms in total. The number of aromatic nitrogens is 3. The number of pyridine rings is 1. The highest BCUT2D eigenvalue weighted by atomic mass is 32.2. The summed E-state index contributed by atoms with van der Waals surface area (Å²) in [4.78, 5) is 0. The molecule has 116 valence electrons. The van der Waals surface area contributed by atoms with E-state index in [2.05, 4.69) is 10.2 Å². The van der Waals surface area contributed by atoms with Gasteiger partial charge in [0.1, 0.15) is 0 Å². The Hall–Kier alpha value is -1.80. The van der Waals surface area contributed by atoms with Crippen LogP contribution in [0.2, 0.25) is 0 Å². The summed E-state index contributed by atoms with van der Waals surface area (Å²) in [7, 11) is 0. The molecule has 0 saturated heterocycles. The molecule has 0 aliphatic heterocycles. The molecule has 2 heterocycles. The van der Waals surface area contributed by atoms with Crippen molar-refractivity contribution < 1.29 is 18.3 Å². The number of thioether (sulfide) groups is 1. The van der Waals surface area contributed by atoms with E-state index in [0.29, 0.717) is 10.8 Å². The first-order chi connectivity index (χ1) is 10.4. The van der Waals surface area contributed by atoms with E-state index in [4.69, 9.17) is 5.11 Å². The predicted molar refractivity (Wildman–Crippen MR) is 78.0 cm³/mol. The Labute approximate surface area is 128 Å². The number of alkyl halides is 3. The van der Waals surface area contributed by atoms with E-state index in [9.17, 15) is 13.2 Å². The first-order valence-corrected chi connectivity index (χ1v) is 7.47. The van der Waals surface area contributed by atoms with Gasteiger partial charge < -0.3 is 5.11 Å². The van der Waals surface area contributed by atoms with Crippen LogP contribution in [0.25, 0.3) is 16.6 Å². The molecule has 0 aliphatic rings. The number of rotatable bonds is 3. The zero-order chi connectivity index (χ0) is 15.9. The van der Waals surface area contributed by atoms with Crippen molar-refractivity contribution in [3.8, 4) is 0 Å². The Bertz CT molecular complexity index is 831. The van der Waals surface area contributed by atoms with Crippen molar-refractivity contribution in [2.75, 3.05) is 5.75 Å². The second kappa shape index (κ2) is 5.44. The number of para-hydroxylation sites is 1. The van der Waals surface area contributed by atoms with Crippen molar-refractivity contribution in [3.63, 3.8) is 0 Å². The zero-order valence-corrected chi connectivity index (χ0v) is 12.3. The van der Waals surface area contributed by atoms with Crippen LogP contribution in [0.5, 0.6) is 0 Å². The van der Waals surface area contributed by atoms with Crippen LogP contribution in [0.4, 0.5) is 13.2 Å². The fourth-order valence-electron chi connectivity index (χ4n) is 2.22. The molecule has 0 radical (unpaired) electrons. The molecule has 0 fully saturated rings. The Kier molecular flexibility index (Phi) is 3.73. The van der Waals surface area contributed by atoms with Gasteiger partial charge in [0.2, 0.25) is 0 Å².